The Morgan fingerprint density at radius 1 is 1.38 bits per heavy atom. The van der Waals surface area contributed by atoms with Gasteiger partial charge in [0.15, 0.2) is 0 Å². The lowest BCUT2D eigenvalue weighted by Gasteiger charge is -2.10. The predicted octanol–water partition coefficient (Wildman–Crippen LogP) is 1.94. The van der Waals surface area contributed by atoms with Crippen LogP contribution in [0.25, 0.3) is 0 Å². The van der Waals surface area contributed by atoms with Crippen molar-refractivity contribution in [2.75, 3.05) is 5.32 Å². The first kappa shape index (κ1) is 17.3. The molecule has 0 aliphatic heterocycles. The Labute approximate surface area is 148 Å². The molecule has 0 aliphatic carbocycles. The summed E-state index contributed by atoms with van der Waals surface area (Å²) in [6.45, 7) is 4.13. The second-order valence-electron chi connectivity index (χ2n) is 5.79. The Morgan fingerprint density at radius 3 is 2.85 bits per heavy atom. The van der Waals surface area contributed by atoms with E-state index >= 15 is 0 Å². The number of nitro groups is 1. The van der Waals surface area contributed by atoms with Crippen LogP contribution in [-0.2, 0) is 11.3 Å². The number of anilines is 1. The van der Waals surface area contributed by atoms with Gasteiger partial charge in [0.2, 0.25) is 5.95 Å². The largest absolute Gasteiger partial charge is 0.307 e. The molecule has 1 unspecified atom stereocenters. The topological polar surface area (TPSA) is 121 Å². The van der Waals surface area contributed by atoms with E-state index in [-0.39, 0.29) is 11.6 Å². The minimum absolute atomic E-state index is 0.164. The second-order valence-corrected chi connectivity index (χ2v) is 5.79. The number of amides is 1. The summed E-state index contributed by atoms with van der Waals surface area (Å²) < 4.78 is 2.85. The number of benzene rings is 1. The van der Waals surface area contributed by atoms with Crippen molar-refractivity contribution in [2.45, 2.75) is 26.4 Å². The van der Waals surface area contributed by atoms with Gasteiger partial charge in [-0.1, -0.05) is 24.3 Å². The Balaban J connectivity index is 1.65. The van der Waals surface area contributed by atoms with Gasteiger partial charge in [0.25, 0.3) is 5.91 Å². The predicted molar refractivity (Wildman–Crippen MR) is 92.5 cm³/mol. The summed E-state index contributed by atoms with van der Waals surface area (Å²) in [6, 6.07) is 7.19. The van der Waals surface area contributed by atoms with Gasteiger partial charge in [0.05, 0.1) is 11.5 Å². The minimum atomic E-state index is -0.744. The van der Waals surface area contributed by atoms with Gasteiger partial charge in [0.1, 0.15) is 24.8 Å². The van der Waals surface area contributed by atoms with E-state index in [0.717, 1.165) is 17.3 Å². The van der Waals surface area contributed by atoms with Crippen LogP contribution in [0.15, 0.2) is 43.0 Å². The van der Waals surface area contributed by atoms with Crippen LogP contribution in [0.3, 0.4) is 0 Å². The molecule has 134 valence electrons. The first-order valence-corrected chi connectivity index (χ1v) is 7.87. The highest BCUT2D eigenvalue weighted by Gasteiger charge is 2.20. The highest BCUT2D eigenvalue weighted by molar-refractivity contribution is 5.91. The van der Waals surface area contributed by atoms with Crippen molar-refractivity contribution < 1.29 is 9.72 Å². The molecule has 26 heavy (non-hydrogen) atoms. The molecule has 1 amide bonds. The first-order valence-electron chi connectivity index (χ1n) is 7.87. The molecule has 0 saturated heterocycles. The Bertz CT molecular complexity index is 947. The van der Waals surface area contributed by atoms with Crippen molar-refractivity contribution in [3.05, 3.63) is 64.2 Å². The average molecular weight is 355 g/mol. The molecule has 0 bridgehead atoms. The number of hydrogen-bond donors (Lipinski definition) is 1. The number of hydrogen-bond acceptors (Lipinski definition) is 6. The highest BCUT2D eigenvalue weighted by Crippen LogP contribution is 2.14. The van der Waals surface area contributed by atoms with Crippen LogP contribution in [0.5, 0.6) is 0 Å². The van der Waals surface area contributed by atoms with Gasteiger partial charge in [0, 0.05) is 0 Å². The molecule has 1 N–H and O–H groups in total. The summed E-state index contributed by atoms with van der Waals surface area (Å²) in [4.78, 5) is 26.5. The van der Waals surface area contributed by atoms with Crippen molar-refractivity contribution >= 4 is 17.5 Å². The third-order valence-corrected chi connectivity index (χ3v) is 3.94. The maximum atomic E-state index is 12.3. The van der Waals surface area contributed by atoms with E-state index in [0.29, 0.717) is 6.54 Å². The molecule has 10 heteroatoms. The summed E-state index contributed by atoms with van der Waals surface area (Å²) in [5, 5.41) is 21.4. The molecule has 0 saturated carbocycles. The van der Waals surface area contributed by atoms with Crippen LogP contribution in [0.2, 0.25) is 0 Å². The van der Waals surface area contributed by atoms with E-state index in [2.05, 4.69) is 20.5 Å². The lowest BCUT2D eigenvalue weighted by atomic mass is 10.1. The van der Waals surface area contributed by atoms with E-state index in [1.807, 2.05) is 31.2 Å². The van der Waals surface area contributed by atoms with E-state index in [9.17, 15) is 14.9 Å². The van der Waals surface area contributed by atoms with Gasteiger partial charge in [-0.2, -0.15) is 5.10 Å². The smallest absolute Gasteiger partial charge is 0.291 e. The second kappa shape index (κ2) is 7.13. The van der Waals surface area contributed by atoms with Gasteiger partial charge >= 0.3 is 5.69 Å². The molecule has 1 atom stereocenters. The summed E-state index contributed by atoms with van der Waals surface area (Å²) >= 11 is 0. The van der Waals surface area contributed by atoms with Crippen molar-refractivity contribution in [2.24, 2.45) is 0 Å². The van der Waals surface area contributed by atoms with E-state index in [1.165, 1.54) is 17.2 Å². The van der Waals surface area contributed by atoms with Crippen LogP contribution in [-0.4, -0.2) is 35.4 Å². The number of carbonyl (C=O) groups excluding carboxylic acids is 1. The monoisotopic (exact) mass is 355 g/mol. The SMILES string of the molecule is Cc1ccccc1Cn1cnc(NC(=O)C(C)n2cc([N+](=O)[O-])cn2)n1. The van der Waals surface area contributed by atoms with Crippen LogP contribution in [0.1, 0.15) is 24.1 Å². The van der Waals surface area contributed by atoms with Gasteiger partial charge in [-0.05, 0) is 25.0 Å². The molecule has 0 spiro atoms. The summed E-state index contributed by atoms with van der Waals surface area (Å²) in [7, 11) is 0. The fraction of sp³-hybridized carbons (Fsp3) is 0.250. The first-order chi connectivity index (χ1) is 12.4. The van der Waals surface area contributed by atoms with Crippen molar-refractivity contribution in [3.63, 3.8) is 0 Å². The zero-order chi connectivity index (χ0) is 18.7. The van der Waals surface area contributed by atoms with Gasteiger partial charge in [-0.15, -0.1) is 5.10 Å². The molecular weight excluding hydrogens is 338 g/mol. The third-order valence-electron chi connectivity index (χ3n) is 3.94. The number of nitrogens with zero attached hydrogens (tertiary/aromatic N) is 6. The normalized spacial score (nSPS) is 11.9. The highest BCUT2D eigenvalue weighted by atomic mass is 16.6. The van der Waals surface area contributed by atoms with E-state index < -0.39 is 16.9 Å². The molecule has 3 aromatic rings. The maximum absolute atomic E-state index is 12.3. The molecule has 0 aliphatic rings. The molecule has 0 radical (unpaired) electrons. The summed E-state index contributed by atoms with van der Waals surface area (Å²) in [6.07, 6.45) is 3.83. The van der Waals surface area contributed by atoms with Gasteiger partial charge < -0.3 is 0 Å². The van der Waals surface area contributed by atoms with Crippen molar-refractivity contribution in [1.82, 2.24) is 24.5 Å². The average Bonchev–Trinajstić information content (AvgIpc) is 3.26. The van der Waals surface area contributed by atoms with Crippen LogP contribution in [0, 0.1) is 17.0 Å². The summed E-state index contributed by atoms with van der Waals surface area (Å²) in [5.74, 6) is -0.256. The molecule has 10 nitrogen and oxygen atoms in total. The maximum Gasteiger partial charge on any atom is 0.307 e. The van der Waals surface area contributed by atoms with Crippen molar-refractivity contribution in [1.29, 1.82) is 0 Å². The quantitative estimate of drug-likeness (QED) is 0.533. The van der Waals surface area contributed by atoms with Crippen LogP contribution >= 0.6 is 0 Å². The molecule has 3 rings (SSSR count). The fourth-order valence-electron chi connectivity index (χ4n) is 2.36. The number of aryl methyl sites for hydroxylation is 1. The lowest BCUT2D eigenvalue weighted by Crippen LogP contribution is -2.24. The van der Waals surface area contributed by atoms with E-state index in [4.69, 9.17) is 0 Å². The number of carbonyl (C=O) groups is 1. The molecular formula is C16H17N7O3. The van der Waals surface area contributed by atoms with E-state index in [1.54, 1.807) is 11.6 Å². The third kappa shape index (κ3) is 3.74. The minimum Gasteiger partial charge on any atom is -0.291 e. The Hall–Kier alpha value is -3.56. The molecule has 2 aromatic heterocycles. The molecule has 1 aromatic carbocycles. The van der Waals surface area contributed by atoms with Gasteiger partial charge in [-0.25, -0.2) is 9.67 Å². The van der Waals surface area contributed by atoms with Gasteiger partial charge in [-0.3, -0.25) is 24.9 Å². The Kier molecular flexibility index (Phi) is 4.74. The standard InChI is InChI=1S/C16H17N7O3/c1-11-5-3-4-6-13(11)8-21-10-17-16(20-21)19-15(24)12(2)22-9-14(7-18-22)23(25)26/h3-7,9-10,12H,8H2,1-2H3,(H,19,20,24). The zero-order valence-electron chi connectivity index (χ0n) is 14.2. The number of nitrogens with one attached hydrogen (secondary N) is 1. The molecule has 0 fully saturated rings. The Morgan fingerprint density at radius 2 is 2.15 bits per heavy atom. The lowest BCUT2D eigenvalue weighted by molar-refractivity contribution is -0.385. The summed E-state index contributed by atoms with van der Waals surface area (Å²) in [5.41, 5.74) is 2.07. The molecule has 2 heterocycles. The fourth-order valence-corrected chi connectivity index (χ4v) is 2.36. The number of rotatable bonds is 6. The van der Waals surface area contributed by atoms with Crippen LogP contribution in [0.4, 0.5) is 11.6 Å². The zero-order valence-corrected chi connectivity index (χ0v) is 14.2. The van der Waals surface area contributed by atoms with Crippen LogP contribution < -0.4 is 5.32 Å². The number of aromatic nitrogens is 5. The van der Waals surface area contributed by atoms with Crippen molar-refractivity contribution in [3.8, 4) is 0 Å².